The van der Waals surface area contributed by atoms with Crippen LogP contribution in [0.4, 0.5) is 0 Å². The highest BCUT2D eigenvalue weighted by molar-refractivity contribution is 5.33. The molecule has 2 atom stereocenters. The Labute approximate surface area is 143 Å². The number of hydrogen-bond donors (Lipinski definition) is 1. The maximum Gasteiger partial charge on any atom is 0.0892 e. The molecule has 0 unspecified atom stereocenters. The van der Waals surface area contributed by atoms with Gasteiger partial charge in [-0.05, 0) is 42.5 Å². The molecule has 1 saturated heterocycles. The van der Waals surface area contributed by atoms with Gasteiger partial charge in [0.15, 0.2) is 0 Å². The van der Waals surface area contributed by atoms with Crippen molar-refractivity contribution in [2.75, 3.05) is 13.2 Å². The Morgan fingerprint density at radius 1 is 1.08 bits per heavy atom. The SMILES string of the molecule is c1ccc(CO[C@@H]2CCOC[C@H]2NC2Cc3ccccc3C2)nc1. The van der Waals surface area contributed by atoms with E-state index in [1.807, 2.05) is 24.4 Å². The number of benzene rings is 1. The van der Waals surface area contributed by atoms with Crippen LogP contribution in [0.1, 0.15) is 23.2 Å². The van der Waals surface area contributed by atoms with Gasteiger partial charge < -0.3 is 14.8 Å². The molecular weight excluding hydrogens is 300 g/mol. The number of nitrogens with one attached hydrogen (secondary N) is 1. The second-order valence-electron chi connectivity index (χ2n) is 6.68. The number of pyridine rings is 1. The van der Waals surface area contributed by atoms with Crippen molar-refractivity contribution >= 4 is 0 Å². The van der Waals surface area contributed by atoms with Crippen LogP contribution in [-0.4, -0.2) is 36.4 Å². The van der Waals surface area contributed by atoms with Gasteiger partial charge >= 0.3 is 0 Å². The van der Waals surface area contributed by atoms with Crippen molar-refractivity contribution in [2.45, 2.75) is 44.1 Å². The zero-order chi connectivity index (χ0) is 16.2. The molecule has 1 aromatic carbocycles. The van der Waals surface area contributed by atoms with E-state index in [-0.39, 0.29) is 12.1 Å². The van der Waals surface area contributed by atoms with Crippen LogP contribution in [0.25, 0.3) is 0 Å². The molecule has 4 nitrogen and oxygen atoms in total. The van der Waals surface area contributed by atoms with Crippen molar-refractivity contribution in [3.05, 3.63) is 65.5 Å². The van der Waals surface area contributed by atoms with Crippen LogP contribution in [-0.2, 0) is 28.9 Å². The molecule has 0 saturated carbocycles. The highest BCUT2D eigenvalue weighted by Crippen LogP contribution is 2.23. The van der Waals surface area contributed by atoms with E-state index in [1.54, 1.807) is 0 Å². The van der Waals surface area contributed by atoms with E-state index >= 15 is 0 Å². The second kappa shape index (κ2) is 7.43. The molecule has 4 rings (SSSR count). The summed E-state index contributed by atoms with van der Waals surface area (Å²) < 4.78 is 11.9. The molecule has 1 fully saturated rings. The van der Waals surface area contributed by atoms with Crippen LogP contribution in [0, 0.1) is 0 Å². The average Bonchev–Trinajstić information content (AvgIpc) is 3.04. The highest BCUT2D eigenvalue weighted by atomic mass is 16.5. The summed E-state index contributed by atoms with van der Waals surface area (Å²) in [6.07, 6.45) is 5.13. The quantitative estimate of drug-likeness (QED) is 0.918. The van der Waals surface area contributed by atoms with E-state index in [0.717, 1.165) is 38.2 Å². The first kappa shape index (κ1) is 15.8. The minimum Gasteiger partial charge on any atom is -0.380 e. The molecule has 1 aliphatic carbocycles. The molecule has 0 amide bonds. The first-order valence-corrected chi connectivity index (χ1v) is 8.80. The molecule has 2 aliphatic rings. The van der Waals surface area contributed by atoms with E-state index in [2.05, 4.69) is 34.6 Å². The fourth-order valence-corrected chi connectivity index (χ4v) is 3.73. The molecule has 0 spiro atoms. The minimum atomic E-state index is 0.185. The van der Waals surface area contributed by atoms with Crippen LogP contribution in [0.2, 0.25) is 0 Å². The third-order valence-electron chi connectivity index (χ3n) is 4.97. The highest BCUT2D eigenvalue weighted by Gasteiger charge is 2.30. The number of fused-ring (bicyclic) bond motifs is 1. The summed E-state index contributed by atoms with van der Waals surface area (Å²) in [5.74, 6) is 0. The standard InChI is InChI=1S/C20H24N2O2/c1-2-6-16-12-18(11-15(16)5-1)22-19-14-23-10-8-20(19)24-13-17-7-3-4-9-21-17/h1-7,9,18-20,22H,8,10-14H2/t19-,20-/m1/s1. The maximum atomic E-state index is 6.16. The van der Waals surface area contributed by atoms with Gasteiger partial charge in [-0.2, -0.15) is 0 Å². The Kier molecular flexibility index (Phi) is 4.88. The Bertz CT molecular complexity index is 637. The fourth-order valence-electron chi connectivity index (χ4n) is 3.73. The molecular formula is C20H24N2O2. The van der Waals surface area contributed by atoms with Crippen molar-refractivity contribution in [3.63, 3.8) is 0 Å². The lowest BCUT2D eigenvalue weighted by molar-refractivity contribution is -0.0657. The Balaban J connectivity index is 1.35. The molecule has 1 aromatic heterocycles. The van der Waals surface area contributed by atoms with Crippen molar-refractivity contribution in [3.8, 4) is 0 Å². The first-order valence-electron chi connectivity index (χ1n) is 8.80. The van der Waals surface area contributed by atoms with E-state index in [1.165, 1.54) is 11.1 Å². The summed E-state index contributed by atoms with van der Waals surface area (Å²) in [5.41, 5.74) is 3.92. The zero-order valence-electron chi connectivity index (χ0n) is 13.9. The zero-order valence-corrected chi connectivity index (χ0v) is 13.9. The van der Waals surface area contributed by atoms with Gasteiger partial charge in [-0.15, -0.1) is 0 Å². The molecule has 24 heavy (non-hydrogen) atoms. The summed E-state index contributed by atoms with van der Waals surface area (Å²) in [6, 6.07) is 15.4. The lowest BCUT2D eigenvalue weighted by Gasteiger charge is -2.34. The smallest absolute Gasteiger partial charge is 0.0892 e. The minimum absolute atomic E-state index is 0.185. The fraction of sp³-hybridized carbons (Fsp3) is 0.450. The first-order chi connectivity index (χ1) is 11.9. The molecule has 4 heteroatoms. The number of ether oxygens (including phenoxy) is 2. The van der Waals surface area contributed by atoms with Crippen LogP contribution in [0.15, 0.2) is 48.7 Å². The van der Waals surface area contributed by atoms with Gasteiger partial charge in [-0.1, -0.05) is 30.3 Å². The summed E-state index contributed by atoms with van der Waals surface area (Å²) in [4.78, 5) is 4.34. The molecule has 2 heterocycles. The van der Waals surface area contributed by atoms with Crippen LogP contribution in [0.3, 0.4) is 0 Å². The van der Waals surface area contributed by atoms with Gasteiger partial charge in [0.05, 0.1) is 31.1 Å². The summed E-state index contributed by atoms with van der Waals surface area (Å²) in [6.45, 7) is 2.06. The van der Waals surface area contributed by atoms with Crippen LogP contribution < -0.4 is 5.32 Å². The third kappa shape index (κ3) is 3.66. The predicted molar refractivity (Wildman–Crippen MR) is 92.8 cm³/mol. The third-order valence-corrected chi connectivity index (χ3v) is 4.97. The molecule has 2 aromatic rings. The maximum absolute atomic E-state index is 6.16. The summed E-state index contributed by atoms with van der Waals surface area (Å²) in [7, 11) is 0. The normalized spacial score (nSPS) is 24.0. The van der Waals surface area contributed by atoms with E-state index in [0.29, 0.717) is 12.6 Å². The van der Waals surface area contributed by atoms with Gasteiger partial charge in [0, 0.05) is 18.8 Å². The molecule has 1 N–H and O–H groups in total. The number of nitrogens with zero attached hydrogens (tertiary/aromatic N) is 1. The van der Waals surface area contributed by atoms with E-state index in [4.69, 9.17) is 9.47 Å². The van der Waals surface area contributed by atoms with E-state index < -0.39 is 0 Å². The lowest BCUT2D eigenvalue weighted by Crippen LogP contribution is -2.52. The van der Waals surface area contributed by atoms with Crippen LogP contribution in [0.5, 0.6) is 0 Å². The van der Waals surface area contributed by atoms with Gasteiger partial charge in [0.1, 0.15) is 0 Å². The van der Waals surface area contributed by atoms with Crippen LogP contribution >= 0.6 is 0 Å². The predicted octanol–water partition coefficient (Wildman–Crippen LogP) is 2.51. The number of hydrogen-bond acceptors (Lipinski definition) is 4. The summed E-state index contributed by atoms with van der Waals surface area (Å²) >= 11 is 0. The van der Waals surface area contributed by atoms with Crippen molar-refractivity contribution < 1.29 is 9.47 Å². The summed E-state index contributed by atoms with van der Waals surface area (Å²) in [5, 5.41) is 3.78. The monoisotopic (exact) mass is 324 g/mol. The molecule has 0 bridgehead atoms. The van der Waals surface area contributed by atoms with Gasteiger partial charge in [-0.3, -0.25) is 4.98 Å². The molecule has 1 aliphatic heterocycles. The lowest BCUT2D eigenvalue weighted by atomic mass is 10.0. The number of rotatable bonds is 5. The Hall–Kier alpha value is -1.75. The second-order valence-corrected chi connectivity index (χ2v) is 6.68. The Morgan fingerprint density at radius 2 is 1.88 bits per heavy atom. The number of aromatic nitrogens is 1. The van der Waals surface area contributed by atoms with Gasteiger partial charge in [0.2, 0.25) is 0 Å². The molecule has 0 radical (unpaired) electrons. The van der Waals surface area contributed by atoms with E-state index in [9.17, 15) is 0 Å². The Morgan fingerprint density at radius 3 is 2.62 bits per heavy atom. The molecule has 126 valence electrons. The average molecular weight is 324 g/mol. The van der Waals surface area contributed by atoms with Crippen molar-refractivity contribution in [1.29, 1.82) is 0 Å². The van der Waals surface area contributed by atoms with Gasteiger partial charge in [-0.25, -0.2) is 0 Å². The van der Waals surface area contributed by atoms with Crippen molar-refractivity contribution in [2.24, 2.45) is 0 Å². The van der Waals surface area contributed by atoms with Crippen molar-refractivity contribution in [1.82, 2.24) is 10.3 Å². The van der Waals surface area contributed by atoms with Gasteiger partial charge in [0.25, 0.3) is 0 Å². The largest absolute Gasteiger partial charge is 0.380 e. The topological polar surface area (TPSA) is 43.4 Å².